The Morgan fingerprint density at radius 1 is 1.27 bits per heavy atom. The first kappa shape index (κ1) is 11.2. The average Bonchev–Trinajstić information content (AvgIpc) is 2.28. The molecule has 4 nitrogen and oxygen atoms in total. The summed E-state index contributed by atoms with van der Waals surface area (Å²) in [6, 6.07) is 8.93. The number of likely N-dealkylation sites (N-methyl/N-ethyl adjacent to an activating group) is 1. The van der Waals surface area contributed by atoms with Crippen molar-refractivity contribution in [2.75, 3.05) is 18.6 Å². The van der Waals surface area contributed by atoms with E-state index in [0.717, 1.165) is 0 Å². The van der Waals surface area contributed by atoms with Crippen molar-refractivity contribution in [2.45, 2.75) is 6.92 Å². The first-order valence-electron chi connectivity index (χ1n) is 4.66. The molecule has 0 aliphatic heterocycles. The molecule has 0 bridgehead atoms. The normalized spacial score (nSPS) is 9.47. The standard InChI is InChI=1S/C11H13NO3/c1-3-15-11(14)10(13)12(2)9-7-5-4-6-8-9/h4-8H,3H2,1-2H3. The number of ether oxygens (including phenoxy) is 1. The van der Waals surface area contributed by atoms with Gasteiger partial charge in [0.15, 0.2) is 0 Å². The Hall–Kier alpha value is -1.84. The molecular weight excluding hydrogens is 194 g/mol. The predicted molar refractivity (Wildman–Crippen MR) is 56.5 cm³/mol. The second kappa shape index (κ2) is 5.14. The Morgan fingerprint density at radius 2 is 1.87 bits per heavy atom. The maximum Gasteiger partial charge on any atom is 0.397 e. The van der Waals surface area contributed by atoms with Crippen molar-refractivity contribution in [1.82, 2.24) is 0 Å². The lowest BCUT2D eigenvalue weighted by atomic mass is 10.3. The van der Waals surface area contributed by atoms with Gasteiger partial charge in [-0.15, -0.1) is 0 Å². The lowest BCUT2D eigenvalue weighted by molar-refractivity contribution is -0.153. The van der Waals surface area contributed by atoms with E-state index in [1.165, 1.54) is 11.9 Å². The van der Waals surface area contributed by atoms with Crippen molar-refractivity contribution in [1.29, 1.82) is 0 Å². The first-order valence-corrected chi connectivity index (χ1v) is 4.66. The van der Waals surface area contributed by atoms with Gasteiger partial charge in [-0.3, -0.25) is 4.79 Å². The number of esters is 1. The molecule has 0 fully saturated rings. The van der Waals surface area contributed by atoms with Crippen LogP contribution in [0.15, 0.2) is 30.3 Å². The largest absolute Gasteiger partial charge is 0.459 e. The van der Waals surface area contributed by atoms with Crippen LogP contribution in [0.2, 0.25) is 0 Å². The lowest BCUT2D eigenvalue weighted by Gasteiger charge is -2.15. The van der Waals surface area contributed by atoms with Crippen LogP contribution in [0.25, 0.3) is 0 Å². The third-order valence-corrected chi connectivity index (χ3v) is 1.90. The summed E-state index contributed by atoms with van der Waals surface area (Å²) in [7, 11) is 1.54. The van der Waals surface area contributed by atoms with Crippen LogP contribution in [0.5, 0.6) is 0 Å². The molecule has 0 atom stereocenters. The zero-order chi connectivity index (χ0) is 11.3. The second-order valence-corrected chi connectivity index (χ2v) is 2.92. The summed E-state index contributed by atoms with van der Waals surface area (Å²) in [6.07, 6.45) is 0. The van der Waals surface area contributed by atoms with E-state index in [0.29, 0.717) is 5.69 Å². The number of amides is 1. The van der Waals surface area contributed by atoms with Gasteiger partial charge >= 0.3 is 11.9 Å². The molecule has 0 saturated carbocycles. The smallest absolute Gasteiger partial charge is 0.397 e. The lowest BCUT2D eigenvalue weighted by Crippen LogP contribution is -2.34. The van der Waals surface area contributed by atoms with Crippen LogP contribution in [0.3, 0.4) is 0 Å². The van der Waals surface area contributed by atoms with Crippen molar-refractivity contribution in [2.24, 2.45) is 0 Å². The van der Waals surface area contributed by atoms with Crippen LogP contribution in [0.1, 0.15) is 6.92 Å². The summed E-state index contributed by atoms with van der Waals surface area (Å²) < 4.78 is 4.62. The van der Waals surface area contributed by atoms with Crippen molar-refractivity contribution in [3.63, 3.8) is 0 Å². The Labute approximate surface area is 88.5 Å². The molecule has 80 valence electrons. The van der Waals surface area contributed by atoms with Crippen molar-refractivity contribution in [3.8, 4) is 0 Å². The van der Waals surface area contributed by atoms with Gasteiger partial charge in [0.05, 0.1) is 6.61 Å². The highest BCUT2D eigenvalue weighted by molar-refractivity contribution is 6.37. The third-order valence-electron chi connectivity index (χ3n) is 1.90. The summed E-state index contributed by atoms with van der Waals surface area (Å²) in [5.41, 5.74) is 0.663. The predicted octanol–water partition coefficient (Wildman–Crippen LogP) is 1.21. The molecule has 1 aromatic carbocycles. The molecule has 1 rings (SSSR count). The van der Waals surface area contributed by atoms with Gasteiger partial charge in [0.2, 0.25) is 0 Å². The molecule has 0 N–H and O–H groups in total. The summed E-state index contributed by atoms with van der Waals surface area (Å²) in [5.74, 6) is -1.49. The summed E-state index contributed by atoms with van der Waals surface area (Å²) >= 11 is 0. The maximum absolute atomic E-state index is 11.5. The molecule has 0 aliphatic carbocycles. The second-order valence-electron chi connectivity index (χ2n) is 2.92. The topological polar surface area (TPSA) is 46.6 Å². The Kier molecular flexibility index (Phi) is 3.85. The number of hydrogen-bond acceptors (Lipinski definition) is 3. The molecule has 1 aromatic rings. The molecule has 1 amide bonds. The number of benzene rings is 1. The number of carbonyl (C=O) groups excluding carboxylic acids is 2. The quantitative estimate of drug-likeness (QED) is 0.541. The number of carbonyl (C=O) groups is 2. The van der Waals surface area contributed by atoms with E-state index in [9.17, 15) is 9.59 Å². The Balaban J connectivity index is 2.73. The first-order chi connectivity index (χ1) is 7.16. The van der Waals surface area contributed by atoms with E-state index in [1.807, 2.05) is 6.07 Å². The number of hydrogen-bond donors (Lipinski definition) is 0. The van der Waals surface area contributed by atoms with Crippen LogP contribution in [0.4, 0.5) is 5.69 Å². The number of rotatable bonds is 2. The fourth-order valence-corrected chi connectivity index (χ4v) is 1.10. The van der Waals surface area contributed by atoms with Crippen LogP contribution in [-0.2, 0) is 14.3 Å². The van der Waals surface area contributed by atoms with Crippen molar-refractivity contribution in [3.05, 3.63) is 30.3 Å². The van der Waals surface area contributed by atoms with Gasteiger partial charge in [0, 0.05) is 12.7 Å². The molecule has 0 aliphatic rings. The van der Waals surface area contributed by atoms with Crippen LogP contribution < -0.4 is 4.90 Å². The maximum atomic E-state index is 11.5. The molecule has 0 radical (unpaired) electrons. The molecule has 0 spiro atoms. The minimum Gasteiger partial charge on any atom is -0.459 e. The summed E-state index contributed by atoms with van der Waals surface area (Å²) in [4.78, 5) is 23.9. The molecule has 0 unspecified atom stereocenters. The zero-order valence-electron chi connectivity index (χ0n) is 8.77. The highest BCUT2D eigenvalue weighted by Crippen LogP contribution is 2.11. The van der Waals surface area contributed by atoms with Gasteiger partial charge in [0.1, 0.15) is 0 Å². The van der Waals surface area contributed by atoms with E-state index in [-0.39, 0.29) is 6.61 Å². The number of para-hydroxylation sites is 1. The van der Waals surface area contributed by atoms with E-state index in [4.69, 9.17) is 0 Å². The Morgan fingerprint density at radius 3 is 2.40 bits per heavy atom. The summed E-state index contributed by atoms with van der Waals surface area (Å²) in [5, 5.41) is 0. The molecule has 0 heterocycles. The Bertz CT molecular complexity index is 348. The van der Waals surface area contributed by atoms with E-state index < -0.39 is 11.9 Å². The highest BCUT2D eigenvalue weighted by Gasteiger charge is 2.20. The average molecular weight is 207 g/mol. The zero-order valence-corrected chi connectivity index (χ0v) is 8.77. The van der Waals surface area contributed by atoms with Gasteiger partial charge in [-0.1, -0.05) is 18.2 Å². The van der Waals surface area contributed by atoms with Crippen molar-refractivity contribution < 1.29 is 14.3 Å². The van der Waals surface area contributed by atoms with Gasteiger partial charge in [0.25, 0.3) is 0 Å². The summed E-state index contributed by atoms with van der Waals surface area (Å²) in [6.45, 7) is 1.86. The van der Waals surface area contributed by atoms with Crippen molar-refractivity contribution >= 4 is 17.6 Å². The third kappa shape index (κ3) is 2.80. The SMILES string of the molecule is CCOC(=O)C(=O)N(C)c1ccccc1. The van der Waals surface area contributed by atoms with Crippen LogP contribution >= 0.6 is 0 Å². The fraction of sp³-hybridized carbons (Fsp3) is 0.273. The fourth-order valence-electron chi connectivity index (χ4n) is 1.10. The molecular formula is C11H13NO3. The van der Waals surface area contributed by atoms with Gasteiger partial charge < -0.3 is 9.64 Å². The minimum atomic E-state index is -0.830. The minimum absolute atomic E-state index is 0.202. The number of anilines is 1. The molecule has 0 saturated heterocycles. The molecule has 0 aromatic heterocycles. The van der Waals surface area contributed by atoms with E-state index >= 15 is 0 Å². The van der Waals surface area contributed by atoms with Gasteiger partial charge in [-0.2, -0.15) is 0 Å². The highest BCUT2D eigenvalue weighted by atomic mass is 16.5. The van der Waals surface area contributed by atoms with E-state index in [2.05, 4.69) is 4.74 Å². The van der Waals surface area contributed by atoms with Gasteiger partial charge in [-0.25, -0.2) is 4.79 Å². The van der Waals surface area contributed by atoms with Crippen LogP contribution in [0, 0.1) is 0 Å². The monoisotopic (exact) mass is 207 g/mol. The van der Waals surface area contributed by atoms with Crippen LogP contribution in [-0.4, -0.2) is 25.5 Å². The van der Waals surface area contributed by atoms with Gasteiger partial charge in [-0.05, 0) is 19.1 Å². The number of nitrogens with zero attached hydrogens (tertiary/aromatic N) is 1. The molecule has 15 heavy (non-hydrogen) atoms. The molecule has 4 heteroatoms. The van der Waals surface area contributed by atoms with E-state index in [1.54, 1.807) is 31.2 Å².